The third kappa shape index (κ3) is 5.70. The Labute approximate surface area is 185 Å². The van der Waals surface area contributed by atoms with Gasteiger partial charge in [0.05, 0.1) is 17.2 Å². The standard InChI is InChI=1S/C23H27FN4O2S/c1-14(2)12-28-22(30)18-6-5-11-25-21(18)27-23(28)31-13-19(29)26-20(15(3)4)16-7-9-17(24)10-8-16/h5-11,14-15,20H,12-13H2,1-4H3,(H,26,29)/t20-/m1/s1. The minimum absolute atomic E-state index is 0.104. The van der Waals surface area contributed by atoms with Gasteiger partial charge < -0.3 is 5.32 Å². The molecule has 0 unspecified atom stereocenters. The van der Waals surface area contributed by atoms with E-state index in [1.54, 1.807) is 35.0 Å². The van der Waals surface area contributed by atoms with Crippen LogP contribution in [0.5, 0.6) is 0 Å². The third-order valence-electron chi connectivity index (χ3n) is 4.79. The van der Waals surface area contributed by atoms with Crippen LogP contribution < -0.4 is 10.9 Å². The first kappa shape index (κ1) is 22.9. The zero-order chi connectivity index (χ0) is 22.5. The van der Waals surface area contributed by atoms with Gasteiger partial charge in [0.25, 0.3) is 5.56 Å². The van der Waals surface area contributed by atoms with Crippen LogP contribution in [0.4, 0.5) is 4.39 Å². The molecule has 0 spiro atoms. The average Bonchev–Trinajstić information content (AvgIpc) is 2.73. The Morgan fingerprint density at radius 2 is 1.87 bits per heavy atom. The van der Waals surface area contributed by atoms with Gasteiger partial charge in [0.1, 0.15) is 5.82 Å². The van der Waals surface area contributed by atoms with Crippen LogP contribution in [-0.2, 0) is 11.3 Å². The van der Waals surface area contributed by atoms with E-state index < -0.39 is 0 Å². The lowest BCUT2D eigenvalue weighted by atomic mass is 9.96. The quantitative estimate of drug-likeness (QED) is 0.418. The summed E-state index contributed by atoms with van der Waals surface area (Å²) in [5, 5.41) is 3.96. The second-order valence-electron chi connectivity index (χ2n) is 8.21. The first-order valence-corrected chi connectivity index (χ1v) is 11.3. The molecule has 6 nitrogen and oxygen atoms in total. The molecule has 1 amide bonds. The molecule has 1 aromatic carbocycles. The highest BCUT2D eigenvalue weighted by Gasteiger charge is 2.20. The maximum Gasteiger partial charge on any atom is 0.263 e. The summed E-state index contributed by atoms with van der Waals surface area (Å²) in [6.07, 6.45) is 1.60. The molecule has 0 fully saturated rings. The number of pyridine rings is 1. The molecule has 0 saturated carbocycles. The van der Waals surface area contributed by atoms with E-state index in [1.165, 1.54) is 23.9 Å². The average molecular weight is 443 g/mol. The number of amides is 1. The maximum absolute atomic E-state index is 13.3. The molecule has 3 rings (SSSR count). The van der Waals surface area contributed by atoms with Gasteiger partial charge in [-0.05, 0) is 41.7 Å². The number of halogens is 1. The number of nitrogens with zero attached hydrogens (tertiary/aromatic N) is 3. The van der Waals surface area contributed by atoms with Crippen LogP contribution >= 0.6 is 11.8 Å². The highest BCUT2D eigenvalue weighted by atomic mass is 32.2. The smallest absolute Gasteiger partial charge is 0.263 e. The summed E-state index contributed by atoms with van der Waals surface area (Å²) < 4.78 is 14.9. The normalized spacial score (nSPS) is 12.5. The van der Waals surface area contributed by atoms with Gasteiger partial charge in [-0.3, -0.25) is 14.2 Å². The van der Waals surface area contributed by atoms with Gasteiger partial charge in [-0.25, -0.2) is 14.4 Å². The van der Waals surface area contributed by atoms with Gasteiger partial charge >= 0.3 is 0 Å². The molecule has 0 saturated heterocycles. The highest BCUT2D eigenvalue weighted by molar-refractivity contribution is 7.99. The SMILES string of the molecule is CC(C)Cn1c(SCC(=O)N[C@@H](c2ccc(F)cc2)C(C)C)nc2ncccc2c1=O. The molecule has 2 heterocycles. The number of benzene rings is 1. The van der Waals surface area contributed by atoms with Crippen molar-refractivity contribution >= 4 is 28.7 Å². The maximum atomic E-state index is 13.3. The van der Waals surface area contributed by atoms with Crippen LogP contribution in [-0.4, -0.2) is 26.2 Å². The fourth-order valence-corrected chi connectivity index (χ4v) is 4.13. The summed E-state index contributed by atoms with van der Waals surface area (Å²) in [6, 6.07) is 9.34. The van der Waals surface area contributed by atoms with Crippen LogP contribution in [0, 0.1) is 17.7 Å². The Kier molecular flexibility index (Phi) is 7.43. The van der Waals surface area contributed by atoms with E-state index in [0.29, 0.717) is 22.7 Å². The molecule has 0 aliphatic carbocycles. The van der Waals surface area contributed by atoms with Crippen molar-refractivity contribution in [2.75, 3.05) is 5.75 Å². The lowest BCUT2D eigenvalue weighted by Gasteiger charge is -2.23. The number of fused-ring (bicyclic) bond motifs is 1. The van der Waals surface area contributed by atoms with E-state index >= 15 is 0 Å². The summed E-state index contributed by atoms with van der Waals surface area (Å²) in [6.45, 7) is 8.55. The highest BCUT2D eigenvalue weighted by Crippen LogP contribution is 2.23. The van der Waals surface area contributed by atoms with Gasteiger partial charge in [-0.15, -0.1) is 0 Å². The number of aromatic nitrogens is 3. The summed E-state index contributed by atoms with van der Waals surface area (Å²) in [5.41, 5.74) is 1.07. The molecule has 0 aliphatic heterocycles. The Balaban J connectivity index is 1.80. The monoisotopic (exact) mass is 442 g/mol. The third-order valence-corrected chi connectivity index (χ3v) is 5.76. The van der Waals surface area contributed by atoms with Crippen molar-refractivity contribution in [3.8, 4) is 0 Å². The summed E-state index contributed by atoms with van der Waals surface area (Å²) in [7, 11) is 0. The molecular weight excluding hydrogens is 415 g/mol. The molecule has 0 radical (unpaired) electrons. The second-order valence-corrected chi connectivity index (χ2v) is 9.15. The number of nitrogens with one attached hydrogen (secondary N) is 1. The van der Waals surface area contributed by atoms with Crippen LogP contribution in [0.2, 0.25) is 0 Å². The molecular formula is C23H27FN4O2S. The van der Waals surface area contributed by atoms with Gasteiger partial charge in [-0.1, -0.05) is 51.6 Å². The predicted octanol–water partition coefficient (Wildman–Crippen LogP) is 4.19. The number of carbonyl (C=O) groups is 1. The zero-order valence-electron chi connectivity index (χ0n) is 18.1. The fourth-order valence-electron chi connectivity index (χ4n) is 3.32. The first-order chi connectivity index (χ1) is 14.8. The lowest BCUT2D eigenvalue weighted by molar-refractivity contribution is -0.119. The van der Waals surface area contributed by atoms with E-state index in [4.69, 9.17) is 0 Å². The van der Waals surface area contributed by atoms with Crippen molar-refractivity contribution in [1.29, 1.82) is 0 Å². The van der Waals surface area contributed by atoms with Gasteiger partial charge in [0.15, 0.2) is 10.8 Å². The largest absolute Gasteiger partial charge is 0.348 e. The van der Waals surface area contributed by atoms with Crippen molar-refractivity contribution in [2.24, 2.45) is 11.8 Å². The number of hydrogen-bond donors (Lipinski definition) is 1. The summed E-state index contributed by atoms with van der Waals surface area (Å²) in [5.74, 6) is -0.0216. The summed E-state index contributed by atoms with van der Waals surface area (Å²) >= 11 is 1.22. The molecule has 164 valence electrons. The fraction of sp³-hybridized carbons (Fsp3) is 0.391. The number of thioether (sulfide) groups is 1. The molecule has 1 atom stereocenters. The van der Waals surface area contributed by atoms with Crippen LogP contribution in [0.25, 0.3) is 11.0 Å². The molecule has 0 bridgehead atoms. The lowest BCUT2D eigenvalue weighted by Crippen LogP contribution is -2.33. The van der Waals surface area contributed by atoms with Crippen LogP contribution in [0.15, 0.2) is 52.5 Å². The molecule has 0 aliphatic rings. The van der Waals surface area contributed by atoms with E-state index in [2.05, 4.69) is 15.3 Å². The second kappa shape index (κ2) is 10.0. The van der Waals surface area contributed by atoms with Crippen molar-refractivity contribution < 1.29 is 9.18 Å². The number of rotatable bonds is 8. The van der Waals surface area contributed by atoms with Crippen molar-refractivity contribution in [2.45, 2.75) is 45.4 Å². The summed E-state index contributed by atoms with van der Waals surface area (Å²) in [4.78, 5) is 34.4. The van der Waals surface area contributed by atoms with E-state index in [-0.39, 0.29) is 40.9 Å². The molecule has 1 N–H and O–H groups in total. The van der Waals surface area contributed by atoms with Crippen molar-refractivity contribution in [3.05, 3.63) is 64.3 Å². The van der Waals surface area contributed by atoms with Crippen molar-refractivity contribution in [3.63, 3.8) is 0 Å². The zero-order valence-corrected chi connectivity index (χ0v) is 18.9. The molecule has 31 heavy (non-hydrogen) atoms. The van der Waals surface area contributed by atoms with Gasteiger partial charge in [-0.2, -0.15) is 0 Å². The predicted molar refractivity (Wildman–Crippen MR) is 121 cm³/mol. The first-order valence-electron chi connectivity index (χ1n) is 10.3. The molecule has 2 aromatic heterocycles. The van der Waals surface area contributed by atoms with E-state index in [1.807, 2.05) is 27.7 Å². The van der Waals surface area contributed by atoms with Crippen LogP contribution in [0.1, 0.15) is 39.3 Å². The van der Waals surface area contributed by atoms with E-state index in [9.17, 15) is 14.0 Å². The Bertz CT molecular complexity index is 1110. The Hall–Kier alpha value is -2.74. The minimum atomic E-state index is -0.313. The Morgan fingerprint density at radius 3 is 2.52 bits per heavy atom. The minimum Gasteiger partial charge on any atom is -0.348 e. The van der Waals surface area contributed by atoms with Crippen molar-refractivity contribution in [1.82, 2.24) is 19.9 Å². The number of hydrogen-bond acceptors (Lipinski definition) is 5. The van der Waals surface area contributed by atoms with Gasteiger partial charge in [0.2, 0.25) is 5.91 Å². The van der Waals surface area contributed by atoms with Gasteiger partial charge in [0, 0.05) is 12.7 Å². The molecule has 8 heteroatoms. The topological polar surface area (TPSA) is 76.9 Å². The van der Waals surface area contributed by atoms with Crippen LogP contribution in [0.3, 0.4) is 0 Å². The van der Waals surface area contributed by atoms with E-state index in [0.717, 1.165) is 5.56 Å². The Morgan fingerprint density at radius 1 is 1.16 bits per heavy atom. The number of carbonyl (C=O) groups excluding carboxylic acids is 1. The molecule has 3 aromatic rings.